The van der Waals surface area contributed by atoms with Crippen LogP contribution in [0.25, 0.3) is 0 Å². The molecule has 0 atom stereocenters. The van der Waals surface area contributed by atoms with E-state index >= 15 is 0 Å². The van der Waals surface area contributed by atoms with Gasteiger partial charge in [-0.25, -0.2) is 4.79 Å². The molecule has 0 fully saturated rings. The van der Waals surface area contributed by atoms with Crippen molar-refractivity contribution in [3.63, 3.8) is 0 Å². The smallest absolute Gasteiger partial charge is 0.375 e. The second-order valence-corrected chi connectivity index (χ2v) is 3.23. The first-order chi connectivity index (χ1) is 6.61. The summed E-state index contributed by atoms with van der Waals surface area (Å²) in [5.41, 5.74) is 0. The van der Waals surface area contributed by atoms with Crippen molar-refractivity contribution in [1.82, 2.24) is 0 Å². The summed E-state index contributed by atoms with van der Waals surface area (Å²) in [6.45, 7) is 0. The van der Waals surface area contributed by atoms with Crippen LogP contribution in [0.1, 0.15) is 0 Å². The van der Waals surface area contributed by atoms with Crippen molar-refractivity contribution in [3.05, 3.63) is 40.7 Å². The van der Waals surface area contributed by atoms with Gasteiger partial charge in [-0.05, 0) is 12.1 Å². The predicted molar refractivity (Wildman–Crippen MR) is 51.9 cm³/mol. The molecule has 1 aromatic carbocycles. The molecule has 74 valence electrons. The van der Waals surface area contributed by atoms with Gasteiger partial charge in [0.25, 0.3) is 0 Å². The molecule has 0 aliphatic carbocycles. The quantitative estimate of drug-likeness (QED) is 0.447. The third-order valence-electron chi connectivity index (χ3n) is 1.30. The molecule has 0 aliphatic heterocycles. The highest BCUT2D eigenvalue weighted by atomic mass is 35.5. The van der Waals surface area contributed by atoms with Crippen molar-refractivity contribution in [1.29, 1.82) is 0 Å². The van der Waals surface area contributed by atoms with E-state index < -0.39 is 16.3 Å². The van der Waals surface area contributed by atoms with Crippen molar-refractivity contribution in [2.75, 3.05) is 0 Å². The van der Waals surface area contributed by atoms with Gasteiger partial charge in [0, 0.05) is 0 Å². The number of hydrogen-bond donors (Lipinski definition) is 0. The molecular formula is C9H5Cl2FO2. The standard InChI is InChI=1S/C9H5Cl2FO2/c10-8(11)7(12)9(13)14-6-4-2-1-3-5-6/h1-5H. The topological polar surface area (TPSA) is 26.3 Å². The Bertz CT molecular complexity index is 358. The highest BCUT2D eigenvalue weighted by Crippen LogP contribution is 2.18. The minimum absolute atomic E-state index is 0.224. The molecule has 0 spiro atoms. The Morgan fingerprint density at radius 2 is 1.79 bits per heavy atom. The van der Waals surface area contributed by atoms with E-state index in [1.54, 1.807) is 18.2 Å². The van der Waals surface area contributed by atoms with Crippen LogP contribution in [0.5, 0.6) is 5.75 Å². The lowest BCUT2D eigenvalue weighted by atomic mass is 10.3. The van der Waals surface area contributed by atoms with Crippen molar-refractivity contribution >= 4 is 29.2 Å². The summed E-state index contributed by atoms with van der Waals surface area (Å²) in [7, 11) is 0. The molecule has 0 aromatic heterocycles. The van der Waals surface area contributed by atoms with E-state index in [2.05, 4.69) is 4.74 Å². The Labute approximate surface area is 89.9 Å². The first kappa shape index (κ1) is 11.0. The lowest BCUT2D eigenvalue weighted by Gasteiger charge is -2.01. The van der Waals surface area contributed by atoms with Gasteiger partial charge in [0.2, 0.25) is 5.83 Å². The Balaban J connectivity index is 2.72. The minimum atomic E-state index is -1.31. The number of para-hydroxylation sites is 1. The van der Waals surface area contributed by atoms with E-state index in [4.69, 9.17) is 23.2 Å². The summed E-state index contributed by atoms with van der Waals surface area (Å²) in [6, 6.07) is 8.04. The van der Waals surface area contributed by atoms with Crippen LogP contribution in [0.3, 0.4) is 0 Å². The fourth-order valence-corrected chi connectivity index (χ4v) is 0.872. The highest BCUT2D eigenvalue weighted by Gasteiger charge is 2.15. The maximum Gasteiger partial charge on any atom is 0.375 e. The van der Waals surface area contributed by atoms with Gasteiger partial charge in [-0.3, -0.25) is 0 Å². The number of ether oxygens (including phenoxy) is 1. The molecule has 0 amide bonds. The van der Waals surface area contributed by atoms with Crippen LogP contribution >= 0.6 is 23.2 Å². The fraction of sp³-hybridized carbons (Fsp3) is 0. The molecule has 1 aromatic rings. The average Bonchev–Trinajstić information content (AvgIpc) is 2.18. The SMILES string of the molecule is O=C(Oc1ccccc1)C(F)=C(Cl)Cl. The maximum atomic E-state index is 12.7. The van der Waals surface area contributed by atoms with Gasteiger partial charge in [0.1, 0.15) is 10.2 Å². The molecular weight excluding hydrogens is 230 g/mol. The van der Waals surface area contributed by atoms with Crippen molar-refractivity contribution in [3.8, 4) is 5.75 Å². The summed E-state index contributed by atoms with van der Waals surface area (Å²) in [4.78, 5) is 10.9. The van der Waals surface area contributed by atoms with E-state index in [1.165, 1.54) is 12.1 Å². The third-order valence-corrected chi connectivity index (χ3v) is 1.63. The Morgan fingerprint density at radius 1 is 1.21 bits per heavy atom. The average molecular weight is 235 g/mol. The molecule has 5 heteroatoms. The van der Waals surface area contributed by atoms with Crippen LogP contribution in [-0.4, -0.2) is 5.97 Å². The zero-order chi connectivity index (χ0) is 10.6. The first-order valence-corrected chi connectivity index (χ1v) is 4.35. The molecule has 0 aliphatic rings. The van der Waals surface area contributed by atoms with Crippen LogP contribution in [0.2, 0.25) is 0 Å². The van der Waals surface area contributed by atoms with Gasteiger partial charge in [-0.2, -0.15) is 4.39 Å². The van der Waals surface area contributed by atoms with Gasteiger partial charge >= 0.3 is 5.97 Å². The van der Waals surface area contributed by atoms with Crippen LogP contribution in [-0.2, 0) is 4.79 Å². The Hall–Kier alpha value is -1.06. The third kappa shape index (κ3) is 3.01. The van der Waals surface area contributed by atoms with Crippen molar-refractivity contribution in [2.45, 2.75) is 0 Å². The highest BCUT2D eigenvalue weighted by molar-refractivity contribution is 6.57. The number of esters is 1. The molecule has 0 saturated heterocycles. The van der Waals surface area contributed by atoms with E-state index in [0.29, 0.717) is 0 Å². The first-order valence-electron chi connectivity index (χ1n) is 3.59. The normalized spacial score (nSPS) is 9.36. The van der Waals surface area contributed by atoms with Gasteiger partial charge in [-0.1, -0.05) is 41.4 Å². The molecule has 0 saturated carbocycles. The maximum absolute atomic E-state index is 12.7. The fourth-order valence-electron chi connectivity index (χ4n) is 0.718. The Kier molecular flexibility index (Phi) is 3.92. The van der Waals surface area contributed by atoms with Crippen molar-refractivity contribution < 1.29 is 13.9 Å². The molecule has 0 bridgehead atoms. The van der Waals surface area contributed by atoms with E-state index in [0.717, 1.165) is 0 Å². The molecule has 14 heavy (non-hydrogen) atoms. The second kappa shape index (κ2) is 4.98. The summed E-state index contributed by atoms with van der Waals surface area (Å²) < 4.78 is 16.6. The minimum Gasteiger partial charge on any atom is -0.421 e. The van der Waals surface area contributed by atoms with Gasteiger partial charge in [-0.15, -0.1) is 0 Å². The molecule has 2 nitrogen and oxygen atoms in total. The zero-order valence-electron chi connectivity index (χ0n) is 6.84. The molecule has 1 rings (SSSR count). The van der Waals surface area contributed by atoms with Gasteiger partial charge in [0.15, 0.2) is 0 Å². The molecule has 0 radical (unpaired) electrons. The number of halogens is 3. The predicted octanol–water partition coefficient (Wildman–Crippen LogP) is 3.21. The van der Waals surface area contributed by atoms with Crippen LogP contribution < -0.4 is 4.74 Å². The lowest BCUT2D eigenvalue weighted by molar-refractivity contribution is -0.131. The van der Waals surface area contributed by atoms with Crippen LogP contribution in [0.15, 0.2) is 40.7 Å². The summed E-state index contributed by atoms with van der Waals surface area (Å²) in [5.74, 6) is -2.30. The summed E-state index contributed by atoms with van der Waals surface area (Å²) >= 11 is 10.1. The second-order valence-electron chi connectivity index (χ2n) is 2.28. The lowest BCUT2D eigenvalue weighted by Crippen LogP contribution is -2.08. The number of carbonyl (C=O) groups is 1. The zero-order valence-corrected chi connectivity index (χ0v) is 8.35. The molecule has 0 N–H and O–H groups in total. The monoisotopic (exact) mass is 234 g/mol. The molecule has 0 heterocycles. The Morgan fingerprint density at radius 3 is 2.29 bits per heavy atom. The number of benzene rings is 1. The van der Waals surface area contributed by atoms with Gasteiger partial charge < -0.3 is 4.74 Å². The number of carbonyl (C=O) groups excluding carboxylic acids is 1. The number of rotatable bonds is 2. The largest absolute Gasteiger partial charge is 0.421 e. The van der Waals surface area contributed by atoms with E-state index in [1.807, 2.05) is 0 Å². The van der Waals surface area contributed by atoms with Crippen LogP contribution in [0, 0.1) is 0 Å². The summed E-state index contributed by atoms with van der Waals surface area (Å²) in [6.07, 6.45) is 0. The molecule has 0 unspecified atom stereocenters. The van der Waals surface area contributed by atoms with Gasteiger partial charge in [0.05, 0.1) is 0 Å². The van der Waals surface area contributed by atoms with Crippen LogP contribution in [0.4, 0.5) is 4.39 Å². The van der Waals surface area contributed by atoms with E-state index in [9.17, 15) is 9.18 Å². The van der Waals surface area contributed by atoms with E-state index in [-0.39, 0.29) is 5.75 Å². The summed E-state index contributed by atoms with van der Waals surface area (Å²) in [5, 5.41) is 0. The number of hydrogen-bond acceptors (Lipinski definition) is 2. The van der Waals surface area contributed by atoms with Crippen molar-refractivity contribution in [2.24, 2.45) is 0 Å².